The highest BCUT2D eigenvalue weighted by atomic mass is 35.5. The van der Waals surface area contributed by atoms with Crippen molar-refractivity contribution in [2.45, 2.75) is 39.0 Å². The average Bonchev–Trinajstić information content (AvgIpc) is 3.05. The molecule has 128 valence electrons. The van der Waals surface area contributed by atoms with Gasteiger partial charge >= 0.3 is 0 Å². The van der Waals surface area contributed by atoms with E-state index in [9.17, 15) is 9.59 Å². The number of nitrogens with zero attached hydrogens (tertiary/aromatic N) is 2. The summed E-state index contributed by atoms with van der Waals surface area (Å²) >= 11 is 0. The molecule has 2 rings (SSSR count). The molecule has 0 aromatic carbocycles. The lowest BCUT2D eigenvalue weighted by molar-refractivity contribution is -0.141. The molecule has 2 amide bonds. The predicted molar refractivity (Wildman–Crippen MR) is 90.1 cm³/mol. The van der Waals surface area contributed by atoms with Crippen LogP contribution in [0, 0.1) is 11.8 Å². The van der Waals surface area contributed by atoms with Gasteiger partial charge in [0.1, 0.15) is 0 Å². The molecule has 0 radical (unpaired) electrons. The summed E-state index contributed by atoms with van der Waals surface area (Å²) in [5, 5.41) is 3.25. The van der Waals surface area contributed by atoms with E-state index in [1.54, 1.807) is 0 Å². The van der Waals surface area contributed by atoms with Crippen LogP contribution in [0.5, 0.6) is 0 Å². The minimum Gasteiger partial charge on any atom is -0.346 e. The Balaban J connectivity index is 0.00000242. The van der Waals surface area contributed by atoms with E-state index in [2.05, 4.69) is 12.2 Å². The van der Waals surface area contributed by atoms with Crippen LogP contribution >= 0.6 is 12.4 Å². The topological polar surface area (TPSA) is 52.7 Å². The first-order chi connectivity index (χ1) is 10.1. The van der Waals surface area contributed by atoms with Gasteiger partial charge in [0, 0.05) is 39.1 Å². The first-order valence-electron chi connectivity index (χ1n) is 8.38. The maximum absolute atomic E-state index is 12.3. The van der Waals surface area contributed by atoms with Crippen LogP contribution in [0.2, 0.25) is 0 Å². The van der Waals surface area contributed by atoms with Gasteiger partial charge in [0.2, 0.25) is 11.8 Å². The van der Waals surface area contributed by atoms with Crippen molar-refractivity contribution in [3.05, 3.63) is 0 Å². The lowest BCUT2D eigenvalue weighted by Crippen LogP contribution is -2.45. The maximum atomic E-state index is 12.3. The molecule has 2 heterocycles. The predicted octanol–water partition coefficient (Wildman–Crippen LogP) is 1.51. The van der Waals surface area contributed by atoms with E-state index >= 15 is 0 Å². The number of unbranched alkanes of at least 4 members (excludes halogenated alkanes) is 1. The zero-order valence-electron chi connectivity index (χ0n) is 13.8. The molecule has 6 heteroatoms. The van der Waals surface area contributed by atoms with Gasteiger partial charge in [-0.25, -0.2) is 0 Å². The molecule has 0 spiro atoms. The van der Waals surface area contributed by atoms with Crippen LogP contribution in [0.25, 0.3) is 0 Å². The fraction of sp³-hybridized carbons (Fsp3) is 0.875. The lowest BCUT2D eigenvalue weighted by atomic mass is 9.94. The highest BCUT2D eigenvalue weighted by Crippen LogP contribution is 2.22. The monoisotopic (exact) mass is 331 g/mol. The number of amides is 2. The van der Waals surface area contributed by atoms with Gasteiger partial charge < -0.3 is 15.1 Å². The highest BCUT2D eigenvalue weighted by molar-refractivity contribution is 5.85. The third-order valence-electron chi connectivity index (χ3n) is 4.79. The van der Waals surface area contributed by atoms with Crippen LogP contribution in [0.15, 0.2) is 0 Å². The van der Waals surface area contributed by atoms with Crippen molar-refractivity contribution in [1.82, 2.24) is 15.1 Å². The van der Waals surface area contributed by atoms with E-state index in [1.165, 1.54) is 0 Å². The molecule has 5 nitrogen and oxygen atoms in total. The number of halogens is 1. The van der Waals surface area contributed by atoms with Gasteiger partial charge in [0.25, 0.3) is 0 Å². The maximum Gasteiger partial charge on any atom is 0.227 e. The normalized spacial score (nSPS) is 22.3. The standard InChI is InChI=1S/C16H29N3O2.ClH/c1-3-4-9-18(2)15(20)13-6-10-19(11-7-13)16(21)14-5-8-17-12-14;/h13-14,17H,3-12H2,1-2H3;1H. The smallest absolute Gasteiger partial charge is 0.227 e. The molecular formula is C16H30ClN3O2. The Kier molecular flexibility index (Phi) is 8.18. The van der Waals surface area contributed by atoms with Crippen molar-refractivity contribution in [2.75, 3.05) is 39.8 Å². The Hall–Kier alpha value is -0.810. The fourth-order valence-electron chi connectivity index (χ4n) is 3.29. The van der Waals surface area contributed by atoms with Crippen molar-refractivity contribution in [2.24, 2.45) is 11.8 Å². The number of likely N-dealkylation sites (tertiary alicyclic amines) is 1. The zero-order chi connectivity index (χ0) is 15.2. The van der Waals surface area contributed by atoms with E-state index in [4.69, 9.17) is 0 Å². The highest BCUT2D eigenvalue weighted by Gasteiger charge is 2.32. The molecule has 1 unspecified atom stereocenters. The molecule has 2 fully saturated rings. The molecule has 0 saturated carbocycles. The minimum absolute atomic E-state index is 0. The van der Waals surface area contributed by atoms with Crippen LogP contribution in [-0.2, 0) is 9.59 Å². The summed E-state index contributed by atoms with van der Waals surface area (Å²) in [7, 11) is 1.90. The van der Waals surface area contributed by atoms with Crippen LogP contribution < -0.4 is 5.32 Å². The van der Waals surface area contributed by atoms with Gasteiger partial charge in [-0.05, 0) is 32.2 Å². The molecule has 0 bridgehead atoms. The van der Waals surface area contributed by atoms with Crippen molar-refractivity contribution in [3.63, 3.8) is 0 Å². The molecule has 2 aliphatic rings. The largest absolute Gasteiger partial charge is 0.346 e. The van der Waals surface area contributed by atoms with Gasteiger partial charge in [-0.1, -0.05) is 13.3 Å². The number of piperidine rings is 1. The summed E-state index contributed by atoms with van der Waals surface area (Å²) in [6.07, 6.45) is 4.77. The summed E-state index contributed by atoms with van der Waals surface area (Å²) < 4.78 is 0. The van der Waals surface area contributed by atoms with Crippen molar-refractivity contribution in [3.8, 4) is 0 Å². The minimum atomic E-state index is 0. The first-order valence-corrected chi connectivity index (χ1v) is 8.38. The van der Waals surface area contributed by atoms with Gasteiger partial charge in [-0.3, -0.25) is 9.59 Å². The molecule has 1 N–H and O–H groups in total. The Labute approximate surface area is 140 Å². The number of carbonyl (C=O) groups is 2. The Morgan fingerprint density at radius 1 is 1.18 bits per heavy atom. The van der Waals surface area contributed by atoms with Gasteiger partial charge in [-0.2, -0.15) is 0 Å². The summed E-state index contributed by atoms with van der Waals surface area (Å²) in [5.74, 6) is 0.811. The van der Waals surface area contributed by atoms with Crippen molar-refractivity contribution in [1.29, 1.82) is 0 Å². The van der Waals surface area contributed by atoms with Crippen LogP contribution in [-0.4, -0.2) is 61.4 Å². The average molecular weight is 332 g/mol. The third-order valence-corrected chi connectivity index (χ3v) is 4.79. The number of hydrogen-bond donors (Lipinski definition) is 1. The summed E-state index contributed by atoms with van der Waals surface area (Å²) in [4.78, 5) is 28.5. The van der Waals surface area contributed by atoms with E-state index < -0.39 is 0 Å². The van der Waals surface area contributed by atoms with Gasteiger partial charge in [-0.15, -0.1) is 12.4 Å². The second kappa shape index (κ2) is 9.36. The van der Waals surface area contributed by atoms with Gasteiger partial charge in [0.05, 0.1) is 5.92 Å². The molecule has 0 aliphatic carbocycles. The Bertz CT molecular complexity index is 364. The Morgan fingerprint density at radius 2 is 1.86 bits per heavy atom. The van der Waals surface area contributed by atoms with Crippen molar-refractivity contribution < 1.29 is 9.59 Å². The van der Waals surface area contributed by atoms with E-state index in [0.717, 1.165) is 64.8 Å². The Morgan fingerprint density at radius 3 is 2.41 bits per heavy atom. The third kappa shape index (κ3) is 4.85. The summed E-state index contributed by atoms with van der Waals surface area (Å²) in [6.45, 7) is 6.24. The fourth-order valence-corrected chi connectivity index (χ4v) is 3.29. The molecule has 2 aliphatic heterocycles. The van der Waals surface area contributed by atoms with Crippen molar-refractivity contribution >= 4 is 24.2 Å². The number of nitrogens with one attached hydrogen (secondary N) is 1. The molecule has 1 atom stereocenters. The van der Waals surface area contributed by atoms with Gasteiger partial charge in [0.15, 0.2) is 0 Å². The quantitative estimate of drug-likeness (QED) is 0.831. The second-order valence-corrected chi connectivity index (χ2v) is 6.40. The first kappa shape index (κ1) is 19.2. The zero-order valence-corrected chi connectivity index (χ0v) is 14.7. The molecule has 0 aromatic heterocycles. The SMILES string of the molecule is CCCCN(C)C(=O)C1CCN(C(=O)C2CCNC2)CC1.Cl. The molecule has 2 saturated heterocycles. The summed E-state index contributed by atoms with van der Waals surface area (Å²) in [6, 6.07) is 0. The molecule has 22 heavy (non-hydrogen) atoms. The number of rotatable bonds is 5. The van der Waals surface area contributed by atoms with Crippen LogP contribution in [0.3, 0.4) is 0 Å². The lowest BCUT2D eigenvalue weighted by Gasteiger charge is -2.34. The molecule has 0 aromatic rings. The van der Waals surface area contributed by atoms with Crippen LogP contribution in [0.4, 0.5) is 0 Å². The number of hydrogen-bond acceptors (Lipinski definition) is 3. The van der Waals surface area contributed by atoms with E-state index in [-0.39, 0.29) is 36.1 Å². The van der Waals surface area contributed by atoms with E-state index in [1.807, 2.05) is 16.8 Å². The molecular weight excluding hydrogens is 302 g/mol. The second-order valence-electron chi connectivity index (χ2n) is 6.40. The summed E-state index contributed by atoms with van der Waals surface area (Å²) in [5.41, 5.74) is 0. The van der Waals surface area contributed by atoms with E-state index in [0.29, 0.717) is 0 Å². The van der Waals surface area contributed by atoms with Crippen LogP contribution in [0.1, 0.15) is 39.0 Å². The number of carbonyl (C=O) groups excluding carboxylic acids is 2.